The van der Waals surface area contributed by atoms with Gasteiger partial charge in [-0.05, 0) is 61.8 Å². The molecule has 6 nitrogen and oxygen atoms in total. The Morgan fingerprint density at radius 2 is 1.90 bits per heavy atom. The molecule has 2 aromatic heterocycles. The van der Waals surface area contributed by atoms with E-state index in [1.807, 2.05) is 42.5 Å². The predicted molar refractivity (Wildman–Crippen MR) is 119 cm³/mol. The Bertz CT molecular complexity index is 1190. The minimum atomic E-state index is 0.0314. The molecule has 31 heavy (non-hydrogen) atoms. The summed E-state index contributed by atoms with van der Waals surface area (Å²) < 4.78 is 0. The molecule has 0 unspecified atom stereocenters. The average molecular weight is 412 g/mol. The van der Waals surface area contributed by atoms with Crippen molar-refractivity contribution in [2.45, 2.75) is 38.5 Å². The third-order valence-corrected chi connectivity index (χ3v) is 6.69. The Balaban J connectivity index is 1.42. The van der Waals surface area contributed by atoms with E-state index in [0.29, 0.717) is 12.2 Å². The number of hydrogen-bond acceptors (Lipinski definition) is 4. The number of rotatable bonds is 5. The highest BCUT2D eigenvalue weighted by Crippen LogP contribution is 2.56. The second-order valence-corrected chi connectivity index (χ2v) is 9.19. The fraction of sp³-hybridized carbons (Fsp3) is 0.320. The molecule has 3 aromatic rings. The van der Waals surface area contributed by atoms with Crippen LogP contribution in [0.15, 0.2) is 48.7 Å². The van der Waals surface area contributed by atoms with E-state index < -0.39 is 0 Å². The number of Topliss-reactive ketones (excluding diaryl/α,β-unsaturated/α-hetero) is 1. The van der Waals surface area contributed by atoms with Gasteiger partial charge in [-0.2, -0.15) is 0 Å². The minimum Gasteiger partial charge on any atom is -0.356 e. The van der Waals surface area contributed by atoms with Crippen LogP contribution in [-0.2, 0) is 11.2 Å². The van der Waals surface area contributed by atoms with Crippen LogP contribution in [0.2, 0.25) is 0 Å². The van der Waals surface area contributed by atoms with Gasteiger partial charge in [0.2, 0.25) is 5.91 Å². The largest absolute Gasteiger partial charge is 0.356 e. The van der Waals surface area contributed by atoms with Crippen molar-refractivity contribution in [1.82, 2.24) is 9.97 Å². The molecule has 6 heteroatoms. The van der Waals surface area contributed by atoms with Gasteiger partial charge in [0.05, 0.1) is 16.9 Å². The molecule has 3 N–H and O–H groups in total. The third-order valence-electron chi connectivity index (χ3n) is 6.69. The summed E-state index contributed by atoms with van der Waals surface area (Å²) in [5.41, 5.74) is 5.46. The Hall–Kier alpha value is -3.41. The standard InChI is InChI=1S/C25H24N4O2/c30-19-14-25(9-10-25)13-18-21(19)23(27-17-4-2-1-3-5-17)22(28-18)16-8-11-26-20(12-16)29-24(31)15-6-7-15/h1-5,8,11-12,15,27-28H,6-7,9-10,13-14H2,(H,26,29,31). The summed E-state index contributed by atoms with van der Waals surface area (Å²) in [7, 11) is 0. The van der Waals surface area contributed by atoms with Crippen molar-refractivity contribution >= 4 is 28.9 Å². The Morgan fingerprint density at radius 1 is 1.10 bits per heavy atom. The molecule has 156 valence electrons. The van der Waals surface area contributed by atoms with Gasteiger partial charge in [-0.15, -0.1) is 0 Å². The highest BCUT2D eigenvalue weighted by atomic mass is 16.2. The first-order chi connectivity index (χ1) is 15.1. The zero-order valence-electron chi connectivity index (χ0n) is 17.2. The van der Waals surface area contributed by atoms with Gasteiger partial charge in [-0.25, -0.2) is 4.98 Å². The van der Waals surface area contributed by atoms with E-state index in [4.69, 9.17) is 0 Å². The van der Waals surface area contributed by atoms with E-state index in [0.717, 1.165) is 66.0 Å². The van der Waals surface area contributed by atoms with Crippen molar-refractivity contribution in [2.75, 3.05) is 10.6 Å². The molecule has 2 saturated carbocycles. The van der Waals surface area contributed by atoms with Crippen LogP contribution in [0.5, 0.6) is 0 Å². The van der Waals surface area contributed by atoms with Gasteiger partial charge in [0.15, 0.2) is 5.78 Å². The molecule has 0 atom stereocenters. The maximum atomic E-state index is 13.2. The molecule has 6 rings (SSSR count). The van der Waals surface area contributed by atoms with Crippen molar-refractivity contribution in [3.05, 3.63) is 59.9 Å². The lowest BCUT2D eigenvalue weighted by molar-refractivity contribution is -0.117. The lowest BCUT2D eigenvalue weighted by atomic mass is 9.83. The first-order valence-corrected chi connectivity index (χ1v) is 11.0. The van der Waals surface area contributed by atoms with Crippen molar-refractivity contribution in [3.63, 3.8) is 0 Å². The van der Waals surface area contributed by atoms with E-state index in [9.17, 15) is 9.59 Å². The summed E-state index contributed by atoms with van der Waals surface area (Å²) in [6.45, 7) is 0. The molecule has 1 spiro atoms. The van der Waals surface area contributed by atoms with E-state index in [1.165, 1.54) is 0 Å². The number of H-pyrrole nitrogens is 1. The lowest BCUT2D eigenvalue weighted by Gasteiger charge is -2.21. The Morgan fingerprint density at radius 3 is 2.65 bits per heavy atom. The van der Waals surface area contributed by atoms with Gasteiger partial charge in [0.1, 0.15) is 5.82 Å². The van der Waals surface area contributed by atoms with Gasteiger partial charge >= 0.3 is 0 Å². The first-order valence-electron chi connectivity index (χ1n) is 11.0. The molecule has 1 aromatic carbocycles. The van der Waals surface area contributed by atoms with Crippen molar-refractivity contribution in [1.29, 1.82) is 0 Å². The normalized spacial score (nSPS) is 18.5. The molecule has 3 aliphatic rings. The number of amides is 1. The summed E-state index contributed by atoms with van der Waals surface area (Å²) in [6, 6.07) is 13.7. The maximum absolute atomic E-state index is 13.2. The Kier molecular flexibility index (Phi) is 4.03. The summed E-state index contributed by atoms with van der Waals surface area (Å²) in [5.74, 6) is 0.892. The molecule has 2 fully saturated rings. The highest BCUT2D eigenvalue weighted by Gasteiger charge is 2.49. The number of carbonyl (C=O) groups is 2. The number of hydrogen-bond donors (Lipinski definition) is 3. The monoisotopic (exact) mass is 412 g/mol. The topological polar surface area (TPSA) is 86.9 Å². The number of ketones is 1. The SMILES string of the molecule is O=C1CC2(CC2)Cc2[nH]c(-c3ccnc(NC(=O)C4CC4)c3)c(Nc3ccccc3)c21. The van der Waals surface area contributed by atoms with Crippen LogP contribution in [-0.4, -0.2) is 21.7 Å². The predicted octanol–water partition coefficient (Wildman–Crippen LogP) is 5.08. The zero-order chi connectivity index (χ0) is 21.0. The molecule has 1 amide bonds. The smallest absolute Gasteiger partial charge is 0.228 e. The van der Waals surface area contributed by atoms with Gasteiger partial charge in [-0.3, -0.25) is 9.59 Å². The first kappa shape index (κ1) is 18.4. The second-order valence-electron chi connectivity index (χ2n) is 9.19. The highest BCUT2D eigenvalue weighted by molar-refractivity contribution is 6.08. The number of fused-ring (bicyclic) bond motifs is 1. The zero-order valence-corrected chi connectivity index (χ0v) is 17.2. The lowest BCUT2D eigenvalue weighted by Crippen LogP contribution is -2.21. The molecule has 2 heterocycles. The van der Waals surface area contributed by atoms with Crippen LogP contribution in [0.25, 0.3) is 11.3 Å². The minimum absolute atomic E-state index is 0.0314. The van der Waals surface area contributed by atoms with Crippen LogP contribution in [0.3, 0.4) is 0 Å². The summed E-state index contributed by atoms with van der Waals surface area (Å²) in [5, 5.41) is 6.41. The van der Waals surface area contributed by atoms with Crippen LogP contribution in [0, 0.1) is 11.3 Å². The molecule has 3 aliphatic carbocycles. The summed E-state index contributed by atoms with van der Waals surface area (Å²) in [4.78, 5) is 33.2. The number of benzene rings is 1. The summed E-state index contributed by atoms with van der Waals surface area (Å²) in [6.07, 6.45) is 7.39. The Labute approximate surface area is 180 Å². The number of nitrogens with one attached hydrogen (secondary N) is 3. The second kappa shape index (κ2) is 6.80. The van der Waals surface area contributed by atoms with Gasteiger partial charge < -0.3 is 15.6 Å². The number of nitrogens with zero attached hydrogens (tertiary/aromatic N) is 1. The maximum Gasteiger partial charge on any atom is 0.228 e. The van der Waals surface area contributed by atoms with E-state index >= 15 is 0 Å². The van der Waals surface area contributed by atoms with Crippen LogP contribution < -0.4 is 10.6 Å². The van der Waals surface area contributed by atoms with E-state index in [-0.39, 0.29) is 23.0 Å². The molecule has 0 radical (unpaired) electrons. The van der Waals surface area contributed by atoms with E-state index in [1.54, 1.807) is 6.20 Å². The molecular weight excluding hydrogens is 388 g/mol. The number of aromatic nitrogens is 2. The fourth-order valence-corrected chi connectivity index (χ4v) is 4.62. The molecule has 0 bridgehead atoms. The van der Waals surface area contributed by atoms with E-state index in [2.05, 4.69) is 20.6 Å². The van der Waals surface area contributed by atoms with Crippen LogP contribution >= 0.6 is 0 Å². The number of anilines is 3. The van der Waals surface area contributed by atoms with Crippen LogP contribution in [0.1, 0.15) is 48.2 Å². The third kappa shape index (κ3) is 3.42. The van der Waals surface area contributed by atoms with Gasteiger partial charge in [-0.1, -0.05) is 18.2 Å². The molecule has 0 aliphatic heterocycles. The van der Waals surface area contributed by atoms with Gasteiger partial charge in [0, 0.05) is 35.5 Å². The van der Waals surface area contributed by atoms with Crippen molar-refractivity contribution in [2.24, 2.45) is 11.3 Å². The number of para-hydroxylation sites is 1. The summed E-state index contributed by atoms with van der Waals surface area (Å²) >= 11 is 0. The quantitative estimate of drug-likeness (QED) is 0.545. The molecular formula is C25H24N4O2. The number of pyridine rings is 1. The average Bonchev–Trinajstić information content (AvgIpc) is 3.69. The van der Waals surface area contributed by atoms with Crippen molar-refractivity contribution in [3.8, 4) is 11.3 Å². The number of carbonyl (C=O) groups excluding carboxylic acids is 2. The van der Waals surface area contributed by atoms with Gasteiger partial charge in [0.25, 0.3) is 0 Å². The van der Waals surface area contributed by atoms with Crippen LogP contribution in [0.4, 0.5) is 17.2 Å². The fourth-order valence-electron chi connectivity index (χ4n) is 4.62. The van der Waals surface area contributed by atoms with Crippen molar-refractivity contribution < 1.29 is 9.59 Å². The number of aromatic amines is 1. The molecule has 0 saturated heterocycles.